The number of nitrogens with zero attached hydrogens (tertiary/aromatic N) is 3. The molecular formula is C21H21F3N4O. The van der Waals surface area contributed by atoms with Crippen molar-refractivity contribution in [1.29, 1.82) is 0 Å². The number of halogens is 3. The molecule has 152 valence electrons. The topological polar surface area (TPSA) is 59.8 Å². The predicted molar refractivity (Wildman–Crippen MR) is 105 cm³/mol. The molecule has 0 unspecified atom stereocenters. The quantitative estimate of drug-likeness (QED) is 0.672. The van der Waals surface area contributed by atoms with E-state index in [9.17, 15) is 18.0 Å². The number of benzene rings is 1. The average molecular weight is 402 g/mol. The minimum atomic E-state index is -4.41. The monoisotopic (exact) mass is 402 g/mol. The molecule has 1 aliphatic rings. The average Bonchev–Trinajstić information content (AvgIpc) is 3.48. The molecular weight excluding hydrogens is 381 g/mol. The van der Waals surface area contributed by atoms with Gasteiger partial charge < -0.3 is 9.88 Å². The second kappa shape index (κ2) is 6.86. The van der Waals surface area contributed by atoms with Crippen LogP contribution in [-0.2, 0) is 6.18 Å². The zero-order chi connectivity index (χ0) is 20.9. The van der Waals surface area contributed by atoms with E-state index >= 15 is 0 Å². The Morgan fingerprint density at radius 1 is 1.17 bits per heavy atom. The Labute approximate surface area is 165 Å². The van der Waals surface area contributed by atoms with Crippen LogP contribution in [0.3, 0.4) is 0 Å². The summed E-state index contributed by atoms with van der Waals surface area (Å²) < 4.78 is 41.5. The normalized spacial score (nSPS) is 15.5. The Kier molecular flexibility index (Phi) is 4.59. The fourth-order valence-corrected chi connectivity index (χ4v) is 3.73. The highest BCUT2D eigenvalue weighted by Crippen LogP contribution is 2.37. The summed E-state index contributed by atoms with van der Waals surface area (Å²) in [6.45, 7) is 5.03. The molecule has 3 aromatic rings. The van der Waals surface area contributed by atoms with Gasteiger partial charge in [-0.1, -0.05) is 12.1 Å². The molecule has 1 fully saturated rings. The first kappa shape index (κ1) is 19.4. The SMILES string of the molecule is Cc1c([C@@H](C)Nc2nnc(C)c3cc(=O)n(C4CC4)cc23)cccc1C(F)(F)F. The number of pyridine rings is 1. The van der Waals surface area contributed by atoms with Gasteiger partial charge in [0, 0.05) is 29.1 Å². The first-order valence-electron chi connectivity index (χ1n) is 9.49. The standard InChI is InChI=1S/C21H21F3N4O/c1-11-15(5-4-6-18(11)21(22,23)24)12(2)25-20-17-10-28(14-7-8-14)19(29)9-16(17)13(3)26-27-20/h4-6,9-10,12,14H,7-8H2,1-3H3,(H,25,27)/t12-/m1/s1. The molecule has 2 heterocycles. The van der Waals surface area contributed by atoms with Gasteiger partial charge in [0.15, 0.2) is 5.82 Å². The first-order chi connectivity index (χ1) is 13.7. The van der Waals surface area contributed by atoms with Crippen LogP contribution in [0.25, 0.3) is 10.8 Å². The molecule has 0 radical (unpaired) electrons. The molecule has 0 saturated heterocycles. The maximum Gasteiger partial charge on any atom is 0.416 e. The third-order valence-electron chi connectivity index (χ3n) is 5.47. The van der Waals surface area contributed by atoms with E-state index in [1.165, 1.54) is 13.0 Å². The number of nitrogens with one attached hydrogen (secondary N) is 1. The minimum Gasteiger partial charge on any atom is -0.361 e. The summed E-state index contributed by atoms with van der Waals surface area (Å²) in [7, 11) is 0. The number of rotatable bonds is 4. The molecule has 2 aromatic heterocycles. The summed E-state index contributed by atoms with van der Waals surface area (Å²) in [6, 6.07) is 5.50. The van der Waals surface area contributed by atoms with Crippen LogP contribution in [0.5, 0.6) is 0 Å². The van der Waals surface area contributed by atoms with E-state index in [1.807, 2.05) is 0 Å². The molecule has 0 aliphatic heterocycles. The van der Waals surface area contributed by atoms with Crippen molar-refractivity contribution in [3.8, 4) is 0 Å². The maximum absolute atomic E-state index is 13.3. The molecule has 1 N–H and O–H groups in total. The van der Waals surface area contributed by atoms with E-state index in [0.717, 1.165) is 24.3 Å². The summed E-state index contributed by atoms with van der Waals surface area (Å²) in [4.78, 5) is 12.4. The Morgan fingerprint density at radius 3 is 2.55 bits per heavy atom. The Bertz CT molecular complexity index is 1150. The number of hydrogen-bond acceptors (Lipinski definition) is 4. The van der Waals surface area contributed by atoms with Gasteiger partial charge in [-0.3, -0.25) is 4.79 Å². The summed E-state index contributed by atoms with van der Waals surface area (Å²) in [5, 5.41) is 13.0. The van der Waals surface area contributed by atoms with Crippen LogP contribution in [-0.4, -0.2) is 14.8 Å². The predicted octanol–water partition coefficient (Wildman–Crippen LogP) is 4.94. The van der Waals surface area contributed by atoms with Crippen molar-refractivity contribution in [2.45, 2.75) is 51.9 Å². The van der Waals surface area contributed by atoms with Gasteiger partial charge in [0.25, 0.3) is 5.56 Å². The van der Waals surface area contributed by atoms with Crippen LogP contribution < -0.4 is 10.9 Å². The van der Waals surface area contributed by atoms with Crippen molar-refractivity contribution < 1.29 is 13.2 Å². The molecule has 1 atom stereocenters. The molecule has 4 rings (SSSR count). The lowest BCUT2D eigenvalue weighted by atomic mass is 9.97. The lowest BCUT2D eigenvalue weighted by Gasteiger charge is -2.21. The van der Waals surface area contributed by atoms with Crippen LogP contribution in [0, 0.1) is 13.8 Å². The fraction of sp³-hybridized carbons (Fsp3) is 0.381. The molecule has 1 aromatic carbocycles. The Balaban J connectivity index is 1.76. The van der Waals surface area contributed by atoms with E-state index in [2.05, 4.69) is 15.5 Å². The van der Waals surface area contributed by atoms with E-state index in [4.69, 9.17) is 0 Å². The fourth-order valence-electron chi connectivity index (χ4n) is 3.73. The minimum absolute atomic E-state index is 0.0798. The molecule has 1 aliphatic carbocycles. The molecule has 5 nitrogen and oxygen atoms in total. The molecule has 0 bridgehead atoms. The Morgan fingerprint density at radius 2 is 1.90 bits per heavy atom. The van der Waals surface area contributed by atoms with Crippen molar-refractivity contribution in [3.05, 3.63) is 63.2 Å². The summed E-state index contributed by atoms with van der Waals surface area (Å²) >= 11 is 0. The van der Waals surface area contributed by atoms with E-state index in [0.29, 0.717) is 22.5 Å². The van der Waals surface area contributed by atoms with E-state index < -0.39 is 17.8 Å². The number of hydrogen-bond donors (Lipinski definition) is 1. The highest BCUT2D eigenvalue weighted by atomic mass is 19.4. The van der Waals surface area contributed by atoms with Crippen LogP contribution >= 0.6 is 0 Å². The van der Waals surface area contributed by atoms with Crippen LogP contribution in [0.4, 0.5) is 19.0 Å². The van der Waals surface area contributed by atoms with Crippen LogP contribution in [0.2, 0.25) is 0 Å². The number of anilines is 1. The molecule has 8 heteroatoms. The highest BCUT2D eigenvalue weighted by molar-refractivity contribution is 5.92. The van der Waals surface area contributed by atoms with Gasteiger partial charge in [-0.15, -0.1) is 5.10 Å². The second-order valence-corrected chi connectivity index (χ2v) is 7.60. The molecule has 0 amide bonds. The zero-order valence-corrected chi connectivity index (χ0v) is 16.3. The molecule has 29 heavy (non-hydrogen) atoms. The van der Waals surface area contributed by atoms with Crippen molar-refractivity contribution >= 4 is 16.6 Å². The highest BCUT2D eigenvalue weighted by Gasteiger charge is 2.33. The van der Waals surface area contributed by atoms with Crippen molar-refractivity contribution in [2.24, 2.45) is 0 Å². The van der Waals surface area contributed by atoms with Gasteiger partial charge >= 0.3 is 6.18 Å². The zero-order valence-electron chi connectivity index (χ0n) is 16.3. The Hall–Kier alpha value is -2.90. The maximum atomic E-state index is 13.3. The molecule has 0 spiro atoms. The van der Waals surface area contributed by atoms with Gasteiger partial charge in [-0.2, -0.15) is 18.3 Å². The van der Waals surface area contributed by atoms with Crippen LogP contribution in [0.15, 0.2) is 35.3 Å². The largest absolute Gasteiger partial charge is 0.416 e. The van der Waals surface area contributed by atoms with Gasteiger partial charge in [-0.25, -0.2) is 0 Å². The second-order valence-electron chi connectivity index (χ2n) is 7.60. The van der Waals surface area contributed by atoms with Crippen LogP contribution in [0.1, 0.15) is 54.2 Å². The summed E-state index contributed by atoms with van der Waals surface area (Å²) in [5.41, 5.74) is 0.619. The summed E-state index contributed by atoms with van der Waals surface area (Å²) in [6.07, 6.45) is -0.696. The first-order valence-corrected chi connectivity index (χ1v) is 9.49. The van der Waals surface area contributed by atoms with Gasteiger partial charge in [0.05, 0.1) is 17.3 Å². The third kappa shape index (κ3) is 3.59. The van der Waals surface area contributed by atoms with Crippen molar-refractivity contribution in [1.82, 2.24) is 14.8 Å². The number of alkyl halides is 3. The van der Waals surface area contributed by atoms with Gasteiger partial charge in [-0.05, 0) is 50.8 Å². The van der Waals surface area contributed by atoms with Crippen molar-refractivity contribution in [3.63, 3.8) is 0 Å². The van der Waals surface area contributed by atoms with Gasteiger partial charge in [0.2, 0.25) is 0 Å². The van der Waals surface area contributed by atoms with Crippen molar-refractivity contribution in [2.75, 3.05) is 5.32 Å². The number of aryl methyl sites for hydroxylation is 1. The number of aromatic nitrogens is 3. The molecule has 1 saturated carbocycles. The lowest BCUT2D eigenvalue weighted by molar-refractivity contribution is -0.138. The van der Waals surface area contributed by atoms with Gasteiger partial charge in [0.1, 0.15) is 0 Å². The van der Waals surface area contributed by atoms with E-state index in [-0.39, 0.29) is 17.2 Å². The smallest absolute Gasteiger partial charge is 0.361 e. The number of fused-ring (bicyclic) bond motifs is 1. The summed E-state index contributed by atoms with van der Waals surface area (Å²) in [5.74, 6) is 0.448. The third-order valence-corrected chi connectivity index (χ3v) is 5.47. The lowest BCUT2D eigenvalue weighted by Crippen LogP contribution is -2.19. The van der Waals surface area contributed by atoms with E-state index in [1.54, 1.807) is 36.7 Å².